The molecule has 1 amide bonds. The average Bonchev–Trinajstić information content (AvgIpc) is 2.31. The number of amides is 1. The fourth-order valence-electron chi connectivity index (χ4n) is 1.52. The Morgan fingerprint density at radius 3 is 2.47 bits per heavy atom. The zero-order valence-electron chi connectivity index (χ0n) is 11.5. The van der Waals surface area contributed by atoms with E-state index in [0.29, 0.717) is 11.3 Å². The summed E-state index contributed by atoms with van der Waals surface area (Å²) < 4.78 is 25.4. The lowest BCUT2D eigenvalue weighted by Gasteiger charge is -2.15. The number of benzene rings is 1. The van der Waals surface area contributed by atoms with Gasteiger partial charge in [-0.05, 0) is 31.7 Å². The van der Waals surface area contributed by atoms with Crippen molar-refractivity contribution in [3.05, 3.63) is 23.8 Å². The number of carbonyl (C=O) groups is 1. The summed E-state index contributed by atoms with van der Waals surface area (Å²) in [7, 11) is 1.10. The molecular weight excluding hydrogens is 266 g/mol. The minimum Gasteiger partial charge on any atom is -0.325 e. The van der Waals surface area contributed by atoms with Gasteiger partial charge in [-0.3, -0.25) is 4.79 Å². The number of nitrogens with one attached hydrogen (secondary N) is 2. The van der Waals surface area contributed by atoms with Crippen molar-refractivity contribution in [1.29, 1.82) is 0 Å². The van der Waals surface area contributed by atoms with Crippen molar-refractivity contribution >= 4 is 21.6 Å². The van der Waals surface area contributed by atoms with Crippen molar-refractivity contribution < 1.29 is 13.2 Å². The Morgan fingerprint density at radius 2 is 1.95 bits per heavy atom. The quantitative estimate of drug-likeness (QED) is 0.821. The van der Waals surface area contributed by atoms with Gasteiger partial charge in [-0.1, -0.05) is 6.07 Å². The minimum atomic E-state index is -3.51. The van der Waals surface area contributed by atoms with Crippen LogP contribution in [0.2, 0.25) is 0 Å². The van der Waals surface area contributed by atoms with E-state index in [4.69, 9.17) is 0 Å². The van der Waals surface area contributed by atoms with Crippen LogP contribution in [0, 0.1) is 6.92 Å². The summed E-state index contributed by atoms with van der Waals surface area (Å²) >= 11 is 0. The molecule has 1 rings (SSSR count). The predicted molar refractivity (Wildman–Crippen MR) is 74.6 cm³/mol. The van der Waals surface area contributed by atoms with Crippen molar-refractivity contribution in [1.82, 2.24) is 9.62 Å². The normalized spacial score (nSPS) is 11.6. The summed E-state index contributed by atoms with van der Waals surface area (Å²) in [5.41, 5.74) is 1.10. The van der Waals surface area contributed by atoms with Crippen LogP contribution < -0.4 is 10.6 Å². The van der Waals surface area contributed by atoms with E-state index in [-0.39, 0.29) is 17.3 Å². The van der Waals surface area contributed by atoms with Crippen LogP contribution in [0.25, 0.3) is 0 Å². The summed E-state index contributed by atoms with van der Waals surface area (Å²) in [4.78, 5) is 11.7. The van der Waals surface area contributed by atoms with Crippen molar-refractivity contribution in [2.75, 3.05) is 33.0 Å². The summed E-state index contributed by atoms with van der Waals surface area (Å²) in [5, 5.41) is 5.36. The van der Waals surface area contributed by atoms with E-state index in [1.165, 1.54) is 20.2 Å². The van der Waals surface area contributed by atoms with Gasteiger partial charge in [0.25, 0.3) is 0 Å². The lowest BCUT2D eigenvalue weighted by Crippen LogP contribution is -2.26. The number of carbonyl (C=O) groups excluding carboxylic acids is 1. The number of nitrogens with zero attached hydrogens (tertiary/aromatic N) is 1. The molecule has 0 spiro atoms. The van der Waals surface area contributed by atoms with Crippen LogP contribution in [0.4, 0.5) is 5.69 Å². The molecule has 0 radical (unpaired) electrons. The number of likely N-dealkylation sites (N-methyl/N-ethyl adjacent to an activating group) is 1. The van der Waals surface area contributed by atoms with Crippen molar-refractivity contribution in [3.8, 4) is 0 Å². The van der Waals surface area contributed by atoms with Crippen molar-refractivity contribution in [2.45, 2.75) is 11.8 Å². The van der Waals surface area contributed by atoms with E-state index in [1.54, 1.807) is 26.1 Å². The smallest absolute Gasteiger partial charge is 0.242 e. The first-order valence-corrected chi connectivity index (χ1v) is 7.20. The second-order valence-corrected chi connectivity index (χ2v) is 6.47. The Hall–Kier alpha value is -1.44. The molecule has 0 fully saturated rings. The molecule has 0 unspecified atom stereocenters. The van der Waals surface area contributed by atoms with E-state index >= 15 is 0 Å². The Bertz CT molecular complexity index is 568. The fraction of sp³-hybridized carbons (Fsp3) is 0.417. The number of aryl methyl sites for hydroxylation is 1. The molecule has 7 heteroatoms. The minimum absolute atomic E-state index is 0.170. The van der Waals surface area contributed by atoms with E-state index in [0.717, 1.165) is 4.31 Å². The van der Waals surface area contributed by atoms with Gasteiger partial charge in [0.1, 0.15) is 0 Å². The largest absolute Gasteiger partial charge is 0.325 e. The van der Waals surface area contributed by atoms with Crippen molar-refractivity contribution in [2.24, 2.45) is 0 Å². The molecule has 0 aliphatic heterocycles. The van der Waals surface area contributed by atoms with E-state index < -0.39 is 10.0 Å². The van der Waals surface area contributed by atoms with Gasteiger partial charge in [-0.25, -0.2) is 12.7 Å². The molecular formula is C12H19N3O3S. The highest BCUT2D eigenvalue weighted by Crippen LogP contribution is 2.22. The second-order valence-electron chi connectivity index (χ2n) is 4.35. The molecule has 0 aliphatic carbocycles. The molecule has 0 heterocycles. The Labute approximate surface area is 113 Å². The predicted octanol–water partition coefficient (Wildman–Crippen LogP) is 0.403. The van der Waals surface area contributed by atoms with Gasteiger partial charge in [0, 0.05) is 19.8 Å². The van der Waals surface area contributed by atoms with Crippen LogP contribution in [0.1, 0.15) is 5.56 Å². The van der Waals surface area contributed by atoms with Gasteiger partial charge in [0.15, 0.2) is 0 Å². The van der Waals surface area contributed by atoms with Gasteiger partial charge in [-0.15, -0.1) is 0 Å². The number of sulfonamides is 1. The molecule has 19 heavy (non-hydrogen) atoms. The lowest BCUT2D eigenvalue weighted by molar-refractivity contribution is -0.115. The third kappa shape index (κ3) is 3.76. The zero-order chi connectivity index (χ0) is 14.6. The highest BCUT2D eigenvalue weighted by atomic mass is 32.2. The maximum Gasteiger partial charge on any atom is 0.242 e. The summed E-state index contributed by atoms with van der Waals surface area (Å²) in [6, 6.07) is 4.82. The van der Waals surface area contributed by atoms with E-state index in [9.17, 15) is 13.2 Å². The summed E-state index contributed by atoms with van der Waals surface area (Å²) in [5.74, 6) is -0.223. The third-order valence-electron chi connectivity index (χ3n) is 2.57. The van der Waals surface area contributed by atoms with E-state index in [1.807, 2.05) is 0 Å². The van der Waals surface area contributed by atoms with Crippen LogP contribution >= 0.6 is 0 Å². The third-order valence-corrected chi connectivity index (χ3v) is 4.52. The summed E-state index contributed by atoms with van der Waals surface area (Å²) in [6.45, 7) is 1.89. The van der Waals surface area contributed by atoms with Crippen LogP contribution in [-0.4, -0.2) is 46.3 Å². The van der Waals surface area contributed by atoms with E-state index in [2.05, 4.69) is 10.6 Å². The first-order chi connectivity index (χ1) is 8.78. The van der Waals surface area contributed by atoms with Crippen LogP contribution in [-0.2, 0) is 14.8 Å². The van der Waals surface area contributed by atoms with Crippen molar-refractivity contribution in [3.63, 3.8) is 0 Å². The highest BCUT2D eigenvalue weighted by Gasteiger charge is 2.20. The molecule has 0 aliphatic rings. The highest BCUT2D eigenvalue weighted by molar-refractivity contribution is 7.89. The molecule has 6 nitrogen and oxygen atoms in total. The molecule has 1 aromatic carbocycles. The molecule has 0 bridgehead atoms. The number of hydrogen-bond acceptors (Lipinski definition) is 4. The Morgan fingerprint density at radius 1 is 1.32 bits per heavy atom. The molecule has 2 N–H and O–H groups in total. The fourth-order valence-corrected chi connectivity index (χ4v) is 2.66. The maximum absolute atomic E-state index is 12.1. The second kappa shape index (κ2) is 6.14. The molecule has 0 atom stereocenters. The topological polar surface area (TPSA) is 78.5 Å². The monoisotopic (exact) mass is 285 g/mol. The molecule has 106 valence electrons. The van der Waals surface area contributed by atoms with Gasteiger partial charge in [-0.2, -0.15) is 0 Å². The van der Waals surface area contributed by atoms with Gasteiger partial charge in [0.05, 0.1) is 11.4 Å². The first-order valence-electron chi connectivity index (χ1n) is 5.76. The zero-order valence-corrected chi connectivity index (χ0v) is 12.3. The maximum atomic E-state index is 12.1. The van der Waals surface area contributed by atoms with Crippen LogP contribution in [0.5, 0.6) is 0 Å². The number of anilines is 1. The molecule has 0 saturated heterocycles. The number of rotatable bonds is 5. The Balaban J connectivity index is 3.12. The Kier molecular flexibility index (Phi) is 5.04. The van der Waals surface area contributed by atoms with Crippen LogP contribution in [0.3, 0.4) is 0 Å². The molecule has 1 aromatic rings. The van der Waals surface area contributed by atoms with Gasteiger partial charge in [0.2, 0.25) is 15.9 Å². The first kappa shape index (κ1) is 15.6. The standard InChI is InChI=1S/C12H19N3O3S/c1-9-5-6-10(14-12(16)8-13-2)7-11(9)19(17,18)15(3)4/h5-7,13H,8H2,1-4H3,(H,14,16). The average molecular weight is 285 g/mol. The molecule has 0 aromatic heterocycles. The van der Waals surface area contributed by atoms with Crippen LogP contribution in [0.15, 0.2) is 23.1 Å². The lowest BCUT2D eigenvalue weighted by atomic mass is 10.2. The number of hydrogen-bond donors (Lipinski definition) is 2. The van der Waals surface area contributed by atoms with Gasteiger partial charge < -0.3 is 10.6 Å². The SMILES string of the molecule is CNCC(=O)Nc1ccc(C)c(S(=O)(=O)N(C)C)c1. The van der Waals surface area contributed by atoms with Gasteiger partial charge >= 0.3 is 0 Å². The summed E-state index contributed by atoms with van der Waals surface area (Å²) in [6.07, 6.45) is 0. The molecule has 0 saturated carbocycles.